The smallest absolute Gasteiger partial charge is 0.0771 e. The molecule has 4 heteroatoms. The molecule has 0 radical (unpaired) electrons. The zero-order chi connectivity index (χ0) is 12.8. The minimum Gasteiger partial charge on any atom is -0.389 e. The number of aliphatic hydroxyl groups is 1. The molecule has 1 aliphatic carbocycles. The van der Waals surface area contributed by atoms with E-state index < -0.39 is 5.60 Å². The van der Waals surface area contributed by atoms with Gasteiger partial charge in [0.15, 0.2) is 0 Å². The summed E-state index contributed by atoms with van der Waals surface area (Å²) < 4.78 is 0. The molecule has 0 aromatic carbocycles. The Hall–Kier alpha value is -1.00. The summed E-state index contributed by atoms with van der Waals surface area (Å²) in [6.45, 7) is 3.56. The highest BCUT2D eigenvalue weighted by Crippen LogP contribution is 2.33. The maximum absolute atomic E-state index is 10.5. The molecule has 100 valence electrons. The first-order chi connectivity index (χ1) is 8.72. The van der Waals surface area contributed by atoms with E-state index in [1.807, 2.05) is 0 Å². The third kappa shape index (κ3) is 3.75. The minimum absolute atomic E-state index is 0.520. The van der Waals surface area contributed by atoms with Crippen LogP contribution in [-0.4, -0.2) is 27.2 Å². The van der Waals surface area contributed by atoms with Crippen LogP contribution in [0.3, 0.4) is 0 Å². The first kappa shape index (κ1) is 13.4. The lowest BCUT2D eigenvalue weighted by molar-refractivity contribution is -0.00886. The van der Waals surface area contributed by atoms with E-state index in [0.717, 1.165) is 37.3 Å². The van der Waals surface area contributed by atoms with E-state index in [4.69, 9.17) is 0 Å². The summed E-state index contributed by atoms with van der Waals surface area (Å²) in [5, 5.41) is 13.8. The maximum atomic E-state index is 10.5. The Labute approximate surface area is 109 Å². The highest BCUT2D eigenvalue weighted by Gasteiger charge is 2.31. The molecule has 1 aliphatic rings. The molecular formula is C14H23N3O. The second-order valence-corrected chi connectivity index (χ2v) is 5.38. The van der Waals surface area contributed by atoms with Crippen molar-refractivity contribution in [2.75, 3.05) is 6.54 Å². The van der Waals surface area contributed by atoms with Gasteiger partial charge in [0.2, 0.25) is 0 Å². The number of nitrogens with one attached hydrogen (secondary N) is 1. The van der Waals surface area contributed by atoms with Crippen LogP contribution in [0.5, 0.6) is 0 Å². The van der Waals surface area contributed by atoms with E-state index in [1.54, 1.807) is 18.6 Å². The van der Waals surface area contributed by atoms with Crippen LogP contribution in [0.15, 0.2) is 18.6 Å². The molecule has 2 rings (SSSR count). The number of hydrogen-bond donors (Lipinski definition) is 2. The van der Waals surface area contributed by atoms with Gasteiger partial charge in [-0.2, -0.15) is 0 Å². The predicted octanol–water partition coefficient (Wildman–Crippen LogP) is 1.90. The predicted molar refractivity (Wildman–Crippen MR) is 70.9 cm³/mol. The Balaban J connectivity index is 1.73. The Morgan fingerprint density at radius 1 is 1.39 bits per heavy atom. The van der Waals surface area contributed by atoms with Gasteiger partial charge in [0, 0.05) is 31.7 Å². The Bertz CT molecular complexity index is 347. The topological polar surface area (TPSA) is 58.0 Å². The van der Waals surface area contributed by atoms with Gasteiger partial charge in [0.05, 0.1) is 11.3 Å². The van der Waals surface area contributed by atoms with Crippen LogP contribution in [0.25, 0.3) is 0 Å². The van der Waals surface area contributed by atoms with E-state index in [1.165, 1.54) is 6.42 Å². The van der Waals surface area contributed by atoms with Crippen molar-refractivity contribution in [3.05, 3.63) is 24.3 Å². The largest absolute Gasteiger partial charge is 0.389 e. The van der Waals surface area contributed by atoms with Gasteiger partial charge in [-0.15, -0.1) is 0 Å². The SMILES string of the molecule is CCC1CCC(O)(CNCc2cnccn2)CC1. The van der Waals surface area contributed by atoms with Gasteiger partial charge in [0.1, 0.15) is 0 Å². The van der Waals surface area contributed by atoms with E-state index in [0.29, 0.717) is 13.1 Å². The summed E-state index contributed by atoms with van der Waals surface area (Å²) in [5.41, 5.74) is 0.400. The van der Waals surface area contributed by atoms with E-state index >= 15 is 0 Å². The molecular weight excluding hydrogens is 226 g/mol. The fourth-order valence-corrected chi connectivity index (χ4v) is 2.64. The fourth-order valence-electron chi connectivity index (χ4n) is 2.64. The normalized spacial score (nSPS) is 28.2. The van der Waals surface area contributed by atoms with Crippen molar-refractivity contribution in [1.82, 2.24) is 15.3 Å². The number of aromatic nitrogens is 2. The molecule has 1 aromatic heterocycles. The summed E-state index contributed by atoms with van der Waals surface area (Å²) in [6, 6.07) is 0. The second kappa shape index (κ2) is 6.25. The summed E-state index contributed by atoms with van der Waals surface area (Å²) >= 11 is 0. The second-order valence-electron chi connectivity index (χ2n) is 5.38. The van der Waals surface area contributed by atoms with E-state index in [9.17, 15) is 5.11 Å². The van der Waals surface area contributed by atoms with Gasteiger partial charge in [0.25, 0.3) is 0 Å². The van der Waals surface area contributed by atoms with Gasteiger partial charge >= 0.3 is 0 Å². The monoisotopic (exact) mass is 249 g/mol. The summed E-state index contributed by atoms with van der Waals surface area (Å²) in [6.07, 6.45) is 10.5. The van der Waals surface area contributed by atoms with Crippen LogP contribution in [0.2, 0.25) is 0 Å². The molecule has 1 saturated carbocycles. The van der Waals surface area contributed by atoms with Crippen molar-refractivity contribution in [2.24, 2.45) is 5.92 Å². The molecule has 0 saturated heterocycles. The quantitative estimate of drug-likeness (QED) is 0.837. The van der Waals surface area contributed by atoms with Crippen molar-refractivity contribution >= 4 is 0 Å². The molecule has 0 amide bonds. The molecule has 1 fully saturated rings. The lowest BCUT2D eigenvalue weighted by atomic mass is 9.78. The third-order valence-corrected chi connectivity index (χ3v) is 3.99. The van der Waals surface area contributed by atoms with Crippen LogP contribution >= 0.6 is 0 Å². The summed E-state index contributed by atoms with van der Waals surface area (Å²) in [4.78, 5) is 8.23. The van der Waals surface area contributed by atoms with Gasteiger partial charge < -0.3 is 10.4 Å². The molecule has 0 atom stereocenters. The van der Waals surface area contributed by atoms with Crippen LogP contribution in [0.4, 0.5) is 0 Å². The maximum Gasteiger partial charge on any atom is 0.0771 e. The van der Waals surface area contributed by atoms with E-state index in [-0.39, 0.29) is 0 Å². The van der Waals surface area contributed by atoms with Crippen LogP contribution in [0, 0.1) is 5.92 Å². The highest BCUT2D eigenvalue weighted by molar-refractivity contribution is 4.95. The summed E-state index contributed by atoms with van der Waals surface area (Å²) in [7, 11) is 0. The standard InChI is InChI=1S/C14H23N3O/c1-2-12-3-5-14(18,6-4-12)11-16-10-13-9-15-7-8-17-13/h7-9,12,16,18H,2-6,10-11H2,1H3. The molecule has 2 N–H and O–H groups in total. The zero-order valence-corrected chi connectivity index (χ0v) is 11.1. The number of rotatable bonds is 5. The molecule has 0 unspecified atom stereocenters. The number of hydrogen-bond acceptors (Lipinski definition) is 4. The molecule has 0 spiro atoms. The lowest BCUT2D eigenvalue weighted by Gasteiger charge is -2.36. The lowest BCUT2D eigenvalue weighted by Crippen LogP contribution is -2.43. The van der Waals surface area contributed by atoms with Gasteiger partial charge in [-0.3, -0.25) is 9.97 Å². The van der Waals surface area contributed by atoms with E-state index in [2.05, 4.69) is 22.2 Å². The average Bonchev–Trinajstić information content (AvgIpc) is 2.41. The van der Waals surface area contributed by atoms with Gasteiger partial charge in [-0.25, -0.2) is 0 Å². The third-order valence-electron chi connectivity index (χ3n) is 3.99. The molecule has 0 bridgehead atoms. The highest BCUT2D eigenvalue weighted by atomic mass is 16.3. The Morgan fingerprint density at radius 3 is 2.78 bits per heavy atom. The minimum atomic E-state index is -0.520. The number of nitrogens with zero attached hydrogens (tertiary/aromatic N) is 2. The summed E-state index contributed by atoms with van der Waals surface area (Å²) in [5.74, 6) is 0.810. The van der Waals surface area contributed by atoms with Crippen LogP contribution in [0.1, 0.15) is 44.7 Å². The zero-order valence-electron chi connectivity index (χ0n) is 11.1. The van der Waals surface area contributed by atoms with Crippen molar-refractivity contribution < 1.29 is 5.11 Å². The molecule has 0 aliphatic heterocycles. The van der Waals surface area contributed by atoms with Crippen molar-refractivity contribution in [1.29, 1.82) is 0 Å². The van der Waals surface area contributed by atoms with Crippen LogP contribution < -0.4 is 5.32 Å². The molecule has 1 aromatic rings. The average molecular weight is 249 g/mol. The van der Waals surface area contributed by atoms with Crippen molar-refractivity contribution in [3.8, 4) is 0 Å². The molecule has 18 heavy (non-hydrogen) atoms. The first-order valence-electron chi connectivity index (χ1n) is 6.90. The molecule has 1 heterocycles. The first-order valence-corrected chi connectivity index (χ1v) is 6.90. The Morgan fingerprint density at radius 2 is 2.17 bits per heavy atom. The van der Waals surface area contributed by atoms with Crippen molar-refractivity contribution in [2.45, 2.75) is 51.2 Å². The van der Waals surface area contributed by atoms with Crippen LogP contribution in [-0.2, 0) is 6.54 Å². The van der Waals surface area contributed by atoms with Gasteiger partial charge in [-0.05, 0) is 31.6 Å². The fraction of sp³-hybridized carbons (Fsp3) is 0.714. The van der Waals surface area contributed by atoms with Gasteiger partial charge in [-0.1, -0.05) is 13.3 Å². The van der Waals surface area contributed by atoms with Crippen molar-refractivity contribution in [3.63, 3.8) is 0 Å². The Kier molecular flexibility index (Phi) is 4.66. The molecule has 4 nitrogen and oxygen atoms in total.